The molecule has 1 saturated heterocycles. The molecule has 1 fully saturated rings. The van der Waals surface area contributed by atoms with E-state index in [4.69, 9.17) is 16.3 Å². The number of hydrogen-bond donors (Lipinski definition) is 2. The van der Waals surface area contributed by atoms with E-state index in [1.807, 2.05) is 0 Å². The Labute approximate surface area is 112 Å². The molecular weight excluding hydrogens is 252 g/mol. The van der Waals surface area contributed by atoms with Crippen LogP contribution in [0.15, 0.2) is 24.3 Å². The van der Waals surface area contributed by atoms with E-state index in [0.717, 1.165) is 13.1 Å². The van der Waals surface area contributed by atoms with Crippen molar-refractivity contribution in [2.75, 3.05) is 19.6 Å². The number of ether oxygens (including phenoxy) is 1. The summed E-state index contributed by atoms with van der Waals surface area (Å²) >= 11 is 5.85. The zero-order chi connectivity index (χ0) is 13.0. The Morgan fingerprint density at radius 1 is 1.61 bits per heavy atom. The number of rotatable bonds is 5. The minimum absolute atomic E-state index is 0.0955. The first-order valence-corrected chi connectivity index (χ1v) is 6.43. The van der Waals surface area contributed by atoms with Crippen molar-refractivity contribution >= 4 is 17.5 Å². The highest BCUT2D eigenvalue weighted by atomic mass is 35.5. The SMILES string of the molecule is CC(Oc1cccc(Cl)c1)C(=O)NCC1CNC1. The van der Waals surface area contributed by atoms with Gasteiger partial charge < -0.3 is 15.4 Å². The molecule has 1 aromatic rings. The Bertz CT molecular complexity index is 421. The molecule has 4 nitrogen and oxygen atoms in total. The van der Waals surface area contributed by atoms with Crippen LogP contribution in [0.2, 0.25) is 5.02 Å². The number of benzene rings is 1. The molecule has 18 heavy (non-hydrogen) atoms. The van der Waals surface area contributed by atoms with Gasteiger partial charge in [-0.3, -0.25) is 4.79 Å². The van der Waals surface area contributed by atoms with Crippen molar-refractivity contribution < 1.29 is 9.53 Å². The molecule has 1 unspecified atom stereocenters. The van der Waals surface area contributed by atoms with E-state index in [1.165, 1.54) is 0 Å². The summed E-state index contributed by atoms with van der Waals surface area (Å²) in [5, 5.41) is 6.64. The van der Waals surface area contributed by atoms with Crippen molar-refractivity contribution in [2.24, 2.45) is 5.92 Å². The summed E-state index contributed by atoms with van der Waals surface area (Å²) < 4.78 is 5.53. The third-order valence-electron chi connectivity index (χ3n) is 2.91. The third-order valence-corrected chi connectivity index (χ3v) is 3.14. The van der Waals surface area contributed by atoms with Gasteiger partial charge in [-0.25, -0.2) is 0 Å². The first-order chi connectivity index (χ1) is 8.65. The first-order valence-electron chi connectivity index (χ1n) is 6.06. The van der Waals surface area contributed by atoms with E-state index < -0.39 is 6.10 Å². The van der Waals surface area contributed by atoms with Gasteiger partial charge in [0.05, 0.1) is 0 Å². The van der Waals surface area contributed by atoms with Crippen LogP contribution < -0.4 is 15.4 Å². The number of hydrogen-bond acceptors (Lipinski definition) is 3. The quantitative estimate of drug-likeness (QED) is 0.850. The molecular formula is C13H17ClN2O2. The predicted molar refractivity (Wildman–Crippen MR) is 70.9 cm³/mol. The van der Waals surface area contributed by atoms with Crippen molar-refractivity contribution in [3.63, 3.8) is 0 Å². The molecule has 0 aromatic heterocycles. The fourth-order valence-corrected chi connectivity index (χ4v) is 1.86. The fraction of sp³-hybridized carbons (Fsp3) is 0.462. The second kappa shape index (κ2) is 6.07. The molecule has 1 atom stereocenters. The number of halogens is 1. The normalized spacial score (nSPS) is 16.8. The van der Waals surface area contributed by atoms with Crippen LogP contribution in [0.5, 0.6) is 5.75 Å². The Hall–Kier alpha value is -1.26. The zero-order valence-corrected chi connectivity index (χ0v) is 11.0. The molecule has 2 N–H and O–H groups in total. The summed E-state index contributed by atoms with van der Waals surface area (Å²) in [6.45, 7) is 4.39. The maximum atomic E-state index is 11.8. The van der Waals surface area contributed by atoms with Gasteiger partial charge in [0.2, 0.25) is 0 Å². The fourth-order valence-electron chi connectivity index (χ4n) is 1.68. The van der Waals surface area contributed by atoms with Crippen LogP contribution in [0.1, 0.15) is 6.92 Å². The molecule has 1 amide bonds. The van der Waals surface area contributed by atoms with Gasteiger partial charge in [0, 0.05) is 30.6 Å². The van der Waals surface area contributed by atoms with Crippen molar-refractivity contribution in [2.45, 2.75) is 13.0 Å². The van der Waals surface area contributed by atoms with Gasteiger partial charge in [0.25, 0.3) is 5.91 Å². The lowest BCUT2D eigenvalue weighted by atomic mass is 10.0. The first kappa shape index (κ1) is 13.2. The van der Waals surface area contributed by atoms with Gasteiger partial charge in [-0.05, 0) is 25.1 Å². The molecule has 5 heteroatoms. The second-order valence-corrected chi connectivity index (χ2v) is 4.92. The van der Waals surface area contributed by atoms with Gasteiger partial charge in [0.15, 0.2) is 6.10 Å². The van der Waals surface area contributed by atoms with E-state index in [2.05, 4.69) is 10.6 Å². The topological polar surface area (TPSA) is 50.4 Å². The van der Waals surface area contributed by atoms with Crippen LogP contribution >= 0.6 is 11.6 Å². The lowest BCUT2D eigenvalue weighted by molar-refractivity contribution is -0.127. The molecule has 0 spiro atoms. The van der Waals surface area contributed by atoms with Crippen LogP contribution in [0.3, 0.4) is 0 Å². The highest BCUT2D eigenvalue weighted by Crippen LogP contribution is 2.18. The second-order valence-electron chi connectivity index (χ2n) is 4.49. The maximum absolute atomic E-state index is 11.8. The van der Waals surface area contributed by atoms with Crippen LogP contribution in [-0.4, -0.2) is 31.6 Å². The number of carbonyl (C=O) groups excluding carboxylic acids is 1. The van der Waals surface area contributed by atoms with Crippen molar-refractivity contribution in [3.8, 4) is 5.75 Å². The summed E-state index contributed by atoms with van der Waals surface area (Å²) in [6.07, 6.45) is -0.517. The van der Waals surface area contributed by atoms with Crippen LogP contribution in [-0.2, 0) is 4.79 Å². The number of nitrogens with one attached hydrogen (secondary N) is 2. The highest BCUT2D eigenvalue weighted by molar-refractivity contribution is 6.30. The van der Waals surface area contributed by atoms with E-state index in [1.54, 1.807) is 31.2 Å². The van der Waals surface area contributed by atoms with Gasteiger partial charge in [-0.1, -0.05) is 17.7 Å². The van der Waals surface area contributed by atoms with Crippen LogP contribution in [0, 0.1) is 5.92 Å². The predicted octanol–water partition coefficient (Wildman–Crippen LogP) is 1.44. The Balaban J connectivity index is 1.79. The van der Waals surface area contributed by atoms with Gasteiger partial charge in [0.1, 0.15) is 5.75 Å². The highest BCUT2D eigenvalue weighted by Gasteiger charge is 2.20. The monoisotopic (exact) mass is 268 g/mol. The molecule has 1 aliphatic heterocycles. The van der Waals surface area contributed by atoms with Crippen LogP contribution in [0.4, 0.5) is 0 Å². The maximum Gasteiger partial charge on any atom is 0.260 e. The Morgan fingerprint density at radius 2 is 2.39 bits per heavy atom. The van der Waals surface area contributed by atoms with E-state index >= 15 is 0 Å². The number of carbonyl (C=O) groups is 1. The standard InChI is InChI=1S/C13H17ClN2O2/c1-9(13(17)16-8-10-6-15-7-10)18-12-4-2-3-11(14)5-12/h2-5,9-10,15H,6-8H2,1H3,(H,16,17). The molecule has 1 aromatic carbocycles. The summed E-state index contributed by atoms with van der Waals surface area (Å²) in [7, 11) is 0. The largest absolute Gasteiger partial charge is 0.481 e. The average Bonchev–Trinajstić information content (AvgIpc) is 2.26. The van der Waals surface area contributed by atoms with E-state index in [0.29, 0.717) is 23.2 Å². The van der Waals surface area contributed by atoms with Crippen molar-refractivity contribution in [1.29, 1.82) is 0 Å². The van der Waals surface area contributed by atoms with Gasteiger partial charge in [-0.15, -0.1) is 0 Å². The lowest BCUT2D eigenvalue weighted by Gasteiger charge is -2.27. The molecule has 0 saturated carbocycles. The van der Waals surface area contributed by atoms with Gasteiger partial charge >= 0.3 is 0 Å². The minimum Gasteiger partial charge on any atom is -0.481 e. The summed E-state index contributed by atoms with van der Waals surface area (Å²) in [6, 6.07) is 7.04. The molecule has 0 aliphatic carbocycles. The minimum atomic E-state index is -0.517. The average molecular weight is 269 g/mol. The molecule has 2 rings (SSSR count). The summed E-state index contributed by atoms with van der Waals surface area (Å²) in [5.74, 6) is 1.06. The summed E-state index contributed by atoms with van der Waals surface area (Å²) in [4.78, 5) is 11.8. The smallest absolute Gasteiger partial charge is 0.260 e. The van der Waals surface area contributed by atoms with Crippen molar-refractivity contribution in [3.05, 3.63) is 29.3 Å². The Kier molecular flexibility index (Phi) is 4.44. The Morgan fingerprint density at radius 3 is 3.00 bits per heavy atom. The molecule has 1 aliphatic rings. The molecule has 0 radical (unpaired) electrons. The molecule has 1 heterocycles. The molecule has 0 bridgehead atoms. The third kappa shape index (κ3) is 3.62. The van der Waals surface area contributed by atoms with Gasteiger partial charge in [-0.2, -0.15) is 0 Å². The zero-order valence-electron chi connectivity index (χ0n) is 10.3. The van der Waals surface area contributed by atoms with E-state index in [9.17, 15) is 4.79 Å². The lowest BCUT2D eigenvalue weighted by Crippen LogP contribution is -2.49. The van der Waals surface area contributed by atoms with E-state index in [-0.39, 0.29) is 5.91 Å². The number of amides is 1. The molecule has 98 valence electrons. The van der Waals surface area contributed by atoms with Crippen molar-refractivity contribution in [1.82, 2.24) is 10.6 Å². The summed E-state index contributed by atoms with van der Waals surface area (Å²) in [5.41, 5.74) is 0. The van der Waals surface area contributed by atoms with Crippen LogP contribution in [0.25, 0.3) is 0 Å².